The molecule has 0 amide bonds. The molecule has 1 unspecified atom stereocenters. The van der Waals surface area contributed by atoms with Crippen LogP contribution in [-0.4, -0.2) is 11.5 Å². The van der Waals surface area contributed by atoms with Gasteiger partial charge in [0.1, 0.15) is 6.04 Å². The molecule has 0 aliphatic carbocycles. The maximum absolute atomic E-state index is 8.93. The van der Waals surface area contributed by atoms with Crippen LogP contribution in [0.3, 0.4) is 0 Å². The molecule has 1 aromatic rings. The van der Waals surface area contributed by atoms with Crippen LogP contribution in [-0.2, 0) is 0 Å². The topological polar surface area (TPSA) is 48.7 Å². The molecule has 3 nitrogen and oxygen atoms in total. The lowest BCUT2D eigenvalue weighted by Crippen LogP contribution is -2.21. The van der Waals surface area contributed by atoms with Gasteiger partial charge in [-0.3, -0.25) is 10.3 Å². The fraction of sp³-hybridized carbons (Fsp3) is 0.455. The van der Waals surface area contributed by atoms with Crippen LogP contribution in [0.15, 0.2) is 24.4 Å². The largest absolute Gasteiger partial charge is 0.297 e. The number of unbranched alkanes of at least 4 members (excludes halogenated alkanes) is 1. The zero-order valence-electron chi connectivity index (χ0n) is 8.40. The highest BCUT2D eigenvalue weighted by Gasteiger charge is 2.08. The summed E-state index contributed by atoms with van der Waals surface area (Å²) in [7, 11) is 0. The SMILES string of the molecule is CCCCNC(C#N)c1ccccn1. The van der Waals surface area contributed by atoms with Crippen LogP contribution >= 0.6 is 0 Å². The van der Waals surface area contributed by atoms with E-state index >= 15 is 0 Å². The molecule has 1 N–H and O–H groups in total. The minimum absolute atomic E-state index is 0.275. The summed E-state index contributed by atoms with van der Waals surface area (Å²) in [4.78, 5) is 4.14. The molecular formula is C11H15N3. The van der Waals surface area contributed by atoms with E-state index in [1.807, 2.05) is 18.2 Å². The molecule has 1 atom stereocenters. The second kappa shape index (κ2) is 6.11. The Balaban J connectivity index is 2.52. The number of nitriles is 1. The van der Waals surface area contributed by atoms with Crippen molar-refractivity contribution in [3.8, 4) is 6.07 Å². The Labute approximate surface area is 84.8 Å². The summed E-state index contributed by atoms with van der Waals surface area (Å²) in [6.45, 7) is 3.00. The van der Waals surface area contributed by atoms with Gasteiger partial charge in [0.05, 0.1) is 11.8 Å². The second-order valence-electron chi connectivity index (χ2n) is 3.12. The third-order valence-electron chi connectivity index (χ3n) is 1.99. The van der Waals surface area contributed by atoms with Crippen molar-refractivity contribution in [3.63, 3.8) is 0 Å². The molecule has 0 bridgehead atoms. The van der Waals surface area contributed by atoms with Crippen molar-refractivity contribution in [2.75, 3.05) is 6.54 Å². The van der Waals surface area contributed by atoms with E-state index in [0.717, 1.165) is 25.1 Å². The zero-order valence-corrected chi connectivity index (χ0v) is 8.40. The molecule has 0 saturated heterocycles. The van der Waals surface area contributed by atoms with E-state index in [4.69, 9.17) is 5.26 Å². The Morgan fingerprint density at radius 2 is 2.43 bits per heavy atom. The van der Waals surface area contributed by atoms with Crippen LogP contribution in [0.1, 0.15) is 31.5 Å². The lowest BCUT2D eigenvalue weighted by molar-refractivity contribution is 0.588. The molecule has 1 heterocycles. The molecular weight excluding hydrogens is 174 g/mol. The molecule has 1 aromatic heterocycles. The van der Waals surface area contributed by atoms with Crippen LogP contribution < -0.4 is 5.32 Å². The first-order valence-electron chi connectivity index (χ1n) is 4.92. The van der Waals surface area contributed by atoms with Gasteiger partial charge < -0.3 is 0 Å². The summed E-state index contributed by atoms with van der Waals surface area (Å²) >= 11 is 0. The summed E-state index contributed by atoms with van der Waals surface area (Å²) in [6.07, 6.45) is 3.93. The highest BCUT2D eigenvalue weighted by Crippen LogP contribution is 2.07. The van der Waals surface area contributed by atoms with E-state index in [-0.39, 0.29) is 6.04 Å². The third-order valence-corrected chi connectivity index (χ3v) is 1.99. The van der Waals surface area contributed by atoms with Crippen LogP contribution in [0.2, 0.25) is 0 Å². The van der Waals surface area contributed by atoms with E-state index in [0.29, 0.717) is 0 Å². The molecule has 1 rings (SSSR count). The molecule has 0 saturated carbocycles. The van der Waals surface area contributed by atoms with E-state index in [1.54, 1.807) is 6.20 Å². The van der Waals surface area contributed by atoms with Gasteiger partial charge in [-0.05, 0) is 25.1 Å². The van der Waals surface area contributed by atoms with Crippen molar-refractivity contribution in [2.24, 2.45) is 0 Å². The molecule has 0 radical (unpaired) electrons. The molecule has 0 aliphatic heterocycles. The molecule has 3 heteroatoms. The smallest absolute Gasteiger partial charge is 0.138 e. The van der Waals surface area contributed by atoms with Gasteiger partial charge in [-0.15, -0.1) is 0 Å². The molecule has 0 aliphatic rings. The Morgan fingerprint density at radius 3 is 3.00 bits per heavy atom. The summed E-state index contributed by atoms with van der Waals surface area (Å²) < 4.78 is 0. The molecule has 14 heavy (non-hydrogen) atoms. The quantitative estimate of drug-likeness (QED) is 0.721. The van der Waals surface area contributed by atoms with Gasteiger partial charge in [-0.25, -0.2) is 0 Å². The summed E-state index contributed by atoms with van der Waals surface area (Å²) in [5, 5.41) is 12.1. The van der Waals surface area contributed by atoms with Gasteiger partial charge in [-0.1, -0.05) is 19.4 Å². The summed E-state index contributed by atoms with van der Waals surface area (Å²) in [6, 6.07) is 7.54. The molecule has 74 valence electrons. The van der Waals surface area contributed by atoms with Crippen molar-refractivity contribution in [3.05, 3.63) is 30.1 Å². The summed E-state index contributed by atoms with van der Waals surface area (Å²) in [5.74, 6) is 0. The number of rotatable bonds is 5. The first kappa shape index (κ1) is 10.7. The predicted octanol–water partition coefficient (Wildman–Crippen LogP) is 2.04. The van der Waals surface area contributed by atoms with Crippen molar-refractivity contribution in [1.29, 1.82) is 5.26 Å². The average Bonchev–Trinajstić information content (AvgIpc) is 2.26. The van der Waals surface area contributed by atoms with Gasteiger partial charge in [0.25, 0.3) is 0 Å². The van der Waals surface area contributed by atoms with E-state index in [2.05, 4.69) is 23.3 Å². The van der Waals surface area contributed by atoms with E-state index in [9.17, 15) is 0 Å². The minimum atomic E-state index is -0.275. The third kappa shape index (κ3) is 3.15. The van der Waals surface area contributed by atoms with Crippen molar-refractivity contribution in [1.82, 2.24) is 10.3 Å². The predicted molar refractivity (Wildman–Crippen MR) is 55.5 cm³/mol. The standard InChI is InChI=1S/C11H15N3/c1-2-3-7-14-11(9-12)10-6-4-5-8-13-10/h4-6,8,11,14H,2-3,7H2,1H3. The number of pyridine rings is 1. The van der Waals surface area contributed by atoms with E-state index in [1.165, 1.54) is 0 Å². The van der Waals surface area contributed by atoms with Crippen molar-refractivity contribution < 1.29 is 0 Å². The van der Waals surface area contributed by atoms with E-state index < -0.39 is 0 Å². The Hall–Kier alpha value is -1.40. The highest BCUT2D eigenvalue weighted by molar-refractivity contribution is 5.15. The Morgan fingerprint density at radius 1 is 1.57 bits per heavy atom. The molecule has 0 fully saturated rings. The maximum Gasteiger partial charge on any atom is 0.138 e. The van der Waals surface area contributed by atoms with Gasteiger partial charge in [-0.2, -0.15) is 5.26 Å². The van der Waals surface area contributed by atoms with Gasteiger partial charge in [0.15, 0.2) is 0 Å². The summed E-state index contributed by atoms with van der Waals surface area (Å²) in [5.41, 5.74) is 0.797. The first-order valence-corrected chi connectivity index (χ1v) is 4.92. The Kier molecular flexibility index (Phi) is 4.66. The van der Waals surface area contributed by atoms with Crippen molar-refractivity contribution >= 4 is 0 Å². The van der Waals surface area contributed by atoms with Gasteiger partial charge >= 0.3 is 0 Å². The van der Waals surface area contributed by atoms with Gasteiger partial charge in [0.2, 0.25) is 0 Å². The van der Waals surface area contributed by atoms with Crippen LogP contribution in [0.25, 0.3) is 0 Å². The number of nitrogens with zero attached hydrogens (tertiary/aromatic N) is 2. The first-order chi connectivity index (χ1) is 6.88. The van der Waals surface area contributed by atoms with Crippen LogP contribution in [0.5, 0.6) is 0 Å². The zero-order chi connectivity index (χ0) is 10.2. The number of hydrogen-bond acceptors (Lipinski definition) is 3. The fourth-order valence-corrected chi connectivity index (χ4v) is 1.19. The van der Waals surface area contributed by atoms with Gasteiger partial charge in [0, 0.05) is 6.20 Å². The monoisotopic (exact) mass is 189 g/mol. The Bertz CT molecular complexity index is 289. The van der Waals surface area contributed by atoms with Crippen LogP contribution in [0, 0.1) is 11.3 Å². The number of nitrogens with one attached hydrogen (secondary N) is 1. The highest BCUT2D eigenvalue weighted by atomic mass is 14.9. The normalized spacial score (nSPS) is 12.0. The molecule has 0 spiro atoms. The maximum atomic E-state index is 8.93. The second-order valence-corrected chi connectivity index (χ2v) is 3.12. The van der Waals surface area contributed by atoms with Crippen LogP contribution in [0.4, 0.5) is 0 Å². The molecule has 0 aromatic carbocycles. The average molecular weight is 189 g/mol. The lowest BCUT2D eigenvalue weighted by atomic mass is 10.2. The van der Waals surface area contributed by atoms with Crippen molar-refractivity contribution in [2.45, 2.75) is 25.8 Å². The lowest BCUT2D eigenvalue weighted by Gasteiger charge is -2.09. The number of hydrogen-bond donors (Lipinski definition) is 1. The fourth-order valence-electron chi connectivity index (χ4n) is 1.19. The minimum Gasteiger partial charge on any atom is -0.297 e. The number of aromatic nitrogens is 1.